The average Bonchev–Trinajstić information content (AvgIpc) is 2.97. The van der Waals surface area contributed by atoms with Gasteiger partial charge in [0.2, 0.25) is 0 Å². The first-order valence-electron chi connectivity index (χ1n) is 6.82. The van der Waals surface area contributed by atoms with Crippen molar-refractivity contribution in [2.24, 2.45) is 10.7 Å². The standard InChI is InChI=1S/C13H13F3N6O3.HI/c14-13(15,16)25-11-3-1-9(2-4-11)20-12(17)18-5-6-21-8-10(7-19-21)22(23)24;/h1-4,7-8H,5-6H2,(H3,17,18,20);1H. The smallest absolute Gasteiger partial charge is 0.406 e. The Kier molecular flexibility index (Phi) is 7.60. The normalized spacial score (nSPS) is 11.6. The Morgan fingerprint density at radius 1 is 1.38 bits per heavy atom. The van der Waals surface area contributed by atoms with E-state index in [0.29, 0.717) is 5.69 Å². The van der Waals surface area contributed by atoms with E-state index in [2.05, 4.69) is 20.1 Å². The number of guanidine groups is 1. The number of nitrogens with zero attached hydrogens (tertiary/aromatic N) is 4. The number of halogens is 4. The monoisotopic (exact) mass is 486 g/mol. The van der Waals surface area contributed by atoms with Crippen molar-refractivity contribution in [3.8, 4) is 5.75 Å². The van der Waals surface area contributed by atoms with E-state index in [9.17, 15) is 23.3 Å². The molecule has 1 heterocycles. The second-order valence-electron chi connectivity index (χ2n) is 4.68. The number of nitrogens with one attached hydrogen (secondary N) is 1. The molecule has 0 bridgehead atoms. The summed E-state index contributed by atoms with van der Waals surface area (Å²) in [5, 5.41) is 17.0. The Balaban J connectivity index is 0.00000338. The van der Waals surface area contributed by atoms with Crippen molar-refractivity contribution < 1.29 is 22.8 Å². The molecular weight excluding hydrogens is 472 g/mol. The summed E-state index contributed by atoms with van der Waals surface area (Å²) >= 11 is 0. The Morgan fingerprint density at radius 3 is 2.58 bits per heavy atom. The zero-order valence-corrected chi connectivity index (χ0v) is 15.3. The SMILES string of the molecule is I.NC(=NCCn1cc([N+](=O)[O-])cn1)Nc1ccc(OC(F)(F)F)cc1. The third kappa shape index (κ3) is 7.12. The lowest BCUT2D eigenvalue weighted by atomic mass is 10.3. The lowest BCUT2D eigenvalue weighted by Crippen LogP contribution is -2.23. The largest absolute Gasteiger partial charge is 0.573 e. The number of rotatable bonds is 6. The molecule has 3 N–H and O–H groups in total. The molecule has 2 rings (SSSR count). The fourth-order valence-corrected chi connectivity index (χ4v) is 1.77. The van der Waals surface area contributed by atoms with Gasteiger partial charge in [-0.1, -0.05) is 0 Å². The van der Waals surface area contributed by atoms with E-state index in [-0.39, 0.29) is 54.5 Å². The van der Waals surface area contributed by atoms with Gasteiger partial charge in [0, 0.05) is 5.69 Å². The van der Waals surface area contributed by atoms with Crippen LogP contribution in [0.1, 0.15) is 0 Å². The van der Waals surface area contributed by atoms with Crippen molar-refractivity contribution in [2.75, 3.05) is 11.9 Å². The molecule has 0 radical (unpaired) electrons. The van der Waals surface area contributed by atoms with Gasteiger partial charge in [0.25, 0.3) is 0 Å². The minimum Gasteiger partial charge on any atom is -0.406 e. The van der Waals surface area contributed by atoms with Crippen LogP contribution >= 0.6 is 24.0 Å². The third-order valence-electron chi connectivity index (χ3n) is 2.80. The maximum Gasteiger partial charge on any atom is 0.573 e. The zero-order valence-electron chi connectivity index (χ0n) is 13.0. The van der Waals surface area contributed by atoms with Gasteiger partial charge in [0.1, 0.15) is 18.1 Å². The number of nitro groups is 1. The molecule has 142 valence electrons. The predicted octanol–water partition coefficient (Wildman–Crippen LogP) is 2.73. The van der Waals surface area contributed by atoms with Crippen molar-refractivity contribution in [1.82, 2.24) is 9.78 Å². The van der Waals surface area contributed by atoms with E-state index < -0.39 is 11.3 Å². The highest BCUT2D eigenvalue weighted by Gasteiger charge is 2.30. The van der Waals surface area contributed by atoms with Crippen molar-refractivity contribution in [3.05, 3.63) is 46.8 Å². The number of aliphatic imine (C=N–C) groups is 1. The van der Waals surface area contributed by atoms with Gasteiger partial charge in [-0.3, -0.25) is 19.8 Å². The number of aromatic nitrogens is 2. The van der Waals surface area contributed by atoms with Crippen molar-refractivity contribution in [2.45, 2.75) is 12.9 Å². The average molecular weight is 486 g/mol. The van der Waals surface area contributed by atoms with Gasteiger partial charge in [0.05, 0.1) is 18.0 Å². The highest BCUT2D eigenvalue weighted by Crippen LogP contribution is 2.23. The van der Waals surface area contributed by atoms with Gasteiger partial charge in [0.15, 0.2) is 5.96 Å². The maximum absolute atomic E-state index is 12.1. The van der Waals surface area contributed by atoms with Crippen LogP contribution < -0.4 is 15.8 Å². The number of benzene rings is 1. The minimum absolute atomic E-state index is 0. The van der Waals surface area contributed by atoms with E-state index in [1.54, 1.807) is 0 Å². The van der Waals surface area contributed by atoms with Gasteiger partial charge in [-0.25, -0.2) is 0 Å². The molecule has 0 saturated heterocycles. The van der Waals surface area contributed by atoms with E-state index in [1.807, 2.05) is 0 Å². The molecule has 1 aromatic heterocycles. The Bertz CT molecular complexity index is 763. The topological polar surface area (TPSA) is 121 Å². The molecule has 0 aliphatic heterocycles. The highest BCUT2D eigenvalue weighted by molar-refractivity contribution is 14.0. The summed E-state index contributed by atoms with van der Waals surface area (Å²) in [6.45, 7) is 0.474. The first kappa shape index (κ1) is 21.5. The molecule has 0 saturated carbocycles. The van der Waals surface area contributed by atoms with Crippen LogP contribution in [-0.2, 0) is 6.54 Å². The molecule has 0 fully saturated rings. The van der Waals surface area contributed by atoms with Gasteiger partial charge in [-0.2, -0.15) is 5.10 Å². The Morgan fingerprint density at radius 2 is 2.04 bits per heavy atom. The quantitative estimate of drug-likeness (QED) is 0.213. The second-order valence-corrected chi connectivity index (χ2v) is 4.68. The van der Waals surface area contributed by atoms with Crippen LogP contribution in [0.3, 0.4) is 0 Å². The molecule has 2 aromatic rings. The predicted molar refractivity (Wildman–Crippen MR) is 97.5 cm³/mol. The van der Waals surface area contributed by atoms with Crippen LogP contribution in [0.25, 0.3) is 0 Å². The van der Waals surface area contributed by atoms with Crippen LogP contribution in [0, 0.1) is 10.1 Å². The van der Waals surface area contributed by atoms with Crippen LogP contribution in [0.5, 0.6) is 5.75 Å². The molecule has 0 atom stereocenters. The van der Waals surface area contributed by atoms with Crippen LogP contribution in [0.15, 0.2) is 41.7 Å². The molecule has 13 heteroatoms. The molecule has 0 amide bonds. The van der Waals surface area contributed by atoms with Crippen LogP contribution in [0.2, 0.25) is 0 Å². The number of hydrogen-bond acceptors (Lipinski definition) is 5. The van der Waals surface area contributed by atoms with E-state index in [4.69, 9.17) is 5.73 Å². The van der Waals surface area contributed by atoms with Gasteiger partial charge >= 0.3 is 12.0 Å². The van der Waals surface area contributed by atoms with Crippen molar-refractivity contribution in [1.29, 1.82) is 0 Å². The van der Waals surface area contributed by atoms with Crippen LogP contribution in [-0.4, -0.2) is 33.6 Å². The summed E-state index contributed by atoms with van der Waals surface area (Å²) in [6.07, 6.45) is -2.37. The molecule has 0 aliphatic carbocycles. The highest BCUT2D eigenvalue weighted by atomic mass is 127. The molecule has 0 spiro atoms. The number of ether oxygens (including phenoxy) is 1. The zero-order chi connectivity index (χ0) is 18.4. The summed E-state index contributed by atoms with van der Waals surface area (Å²) in [6, 6.07) is 4.96. The fourth-order valence-electron chi connectivity index (χ4n) is 1.77. The number of alkyl halides is 3. The molecular formula is C13H14F3IN6O3. The second kappa shape index (κ2) is 9.21. The first-order chi connectivity index (χ1) is 11.7. The van der Waals surface area contributed by atoms with Gasteiger partial charge in [-0.05, 0) is 24.3 Å². The molecule has 26 heavy (non-hydrogen) atoms. The Hall–Kier alpha value is -2.58. The fraction of sp³-hybridized carbons (Fsp3) is 0.231. The minimum atomic E-state index is -4.75. The summed E-state index contributed by atoms with van der Waals surface area (Å²) < 4.78 is 41.3. The summed E-state index contributed by atoms with van der Waals surface area (Å²) in [7, 11) is 0. The van der Waals surface area contributed by atoms with E-state index in [1.165, 1.54) is 23.0 Å². The van der Waals surface area contributed by atoms with Gasteiger partial charge in [-0.15, -0.1) is 37.1 Å². The molecule has 1 aromatic carbocycles. The lowest BCUT2D eigenvalue weighted by molar-refractivity contribution is -0.385. The number of nitrogens with two attached hydrogens (primary N) is 1. The van der Waals surface area contributed by atoms with Crippen LogP contribution in [0.4, 0.5) is 24.5 Å². The first-order valence-corrected chi connectivity index (χ1v) is 6.82. The third-order valence-corrected chi connectivity index (χ3v) is 2.80. The Labute approximate surface area is 162 Å². The lowest BCUT2D eigenvalue weighted by Gasteiger charge is -2.10. The van der Waals surface area contributed by atoms with E-state index in [0.717, 1.165) is 18.3 Å². The number of anilines is 1. The summed E-state index contributed by atoms with van der Waals surface area (Å²) in [5.41, 5.74) is 5.95. The summed E-state index contributed by atoms with van der Waals surface area (Å²) in [4.78, 5) is 14.0. The summed E-state index contributed by atoms with van der Waals surface area (Å²) in [5.74, 6) is -0.319. The molecule has 0 unspecified atom stereocenters. The van der Waals surface area contributed by atoms with Crippen molar-refractivity contribution in [3.63, 3.8) is 0 Å². The van der Waals surface area contributed by atoms with Crippen molar-refractivity contribution >= 4 is 41.3 Å². The van der Waals surface area contributed by atoms with Gasteiger partial charge < -0.3 is 15.8 Å². The molecule has 9 nitrogen and oxygen atoms in total. The maximum atomic E-state index is 12.1. The number of hydrogen-bond donors (Lipinski definition) is 2. The molecule has 0 aliphatic rings. The van der Waals surface area contributed by atoms with E-state index >= 15 is 0 Å².